The molecule has 0 bridgehead atoms. The van der Waals surface area contributed by atoms with Crippen LogP contribution in [0.5, 0.6) is 0 Å². The second-order valence-electron chi connectivity index (χ2n) is 6.43. The van der Waals surface area contributed by atoms with Crippen molar-refractivity contribution in [1.29, 1.82) is 0 Å². The normalized spacial score (nSPS) is 31.5. The molecular formula is C14H24N4. The van der Waals surface area contributed by atoms with Crippen LogP contribution < -0.4 is 5.73 Å². The maximum absolute atomic E-state index is 6.20. The molecule has 1 atom stereocenters. The van der Waals surface area contributed by atoms with E-state index >= 15 is 0 Å². The van der Waals surface area contributed by atoms with Crippen LogP contribution in [0.4, 0.5) is 0 Å². The molecule has 0 saturated heterocycles. The molecule has 0 aromatic carbocycles. The van der Waals surface area contributed by atoms with E-state index in [1.165, 1.54) is 25.1 Å². The van der Waals surface area contributed by atoms with Crippen molar-refractivity contribution in [2.75, 3.05) is 13.1 Å². The molecule has 1 unspecified atom stereocenters. The minimum absolute atomic E-state index is 0.171. The van der Waals surface area contributed by atoms with Gasteiger partial charge in [-0.1, -0.05) is 20.3 Å². The van der Waals surface area contributed by atoms with E-state index in [1.54, 1.807) is 0 Å². The van der Waals surface area contributed by atoms with Crippen LogP contribution in [0.1, 0.15) is 38.9 Å². The zero-order valence-corrected chi connectivity index (χ0v) is 11.5. The number of nitrogens with two attached hydrogens (primary N) is 1. The highest BCUT2D eigenvalue weighted by Gasteiger charge is 2.52. The average Bonchev–Trinajstić information content (AvgIpc) is 2.92. The minimum Gasteiger partial charge on any atom is -0.333 e. The summed E-state index contributed by atoms with van der Waals surface area (Å²) in [6.45, 7) is 8.63. The van der Waals surface area contributed by atoms with Gasteiger partial charge < -0.3 is 10.3 Å². The third-order valence-electron chi connectivity index (χ3n) is 5.34. The molecule has 4 heteroatoms. The first kappa shape index (κ1) is 12.2. The molecule has 1 aromatic heterocycles. The van der Waals surface area contributed by atoms with Crippen LogP contribution in [0.15, 0.2) is 12.4 Å². The summed E-state index contributed by atoms with van der Waals surface area (Å²) in [7, 11) is 0. The van der Waals surface area contributed by atoms with Crippen LogP contribution >= 0.6 is 0 Å². The fourth-order valence-electron chi connectivity index (χ4n) is 4.03. The van der Waals surface area contributed by atoms with E-state index in [4.69, 9.17) is 5.73 Å². The lowest BCUT2D eigenvalue weighted by molar-refractivity contribution is -0.00752. The lowest BCUT2D eigenvalue weighted by Gasteiger charge is -2.50. The maximum Gasteiger partial charge on any atom is 0.122 e. The first-order chi connectivity index (χ1) is 8.59. The van der Waals surface area contributed by atoms with Gasteiger partial charge in [0, 0.05) is 37.6 Å². The number of hydrogen-bond donors (Lipinski definition) is 1. The highest BCUT2D eigenvalue weighted by atomic mass is 15.3. The third kappa shape index (κ3) is 1.55. The Morgan fingerprint density at radius 1 is 1.33 bits per heavy atom. The molecule has 4 nitrogen and oxygen atoms in total. The summed E-state index contributed by atoms with van der Waals surface area (Å²) >= 11 is 0. The van der Waals surface area contributed by atoms with Crippen molar-refractivity contribution in [3.63, 3.8) is 0 Å². The molecule has 3 rings (SSSR count). The summed E-state index contributed by atoms with van der Waals surface area (Å²) in [4.78, 5) is 7.07. The van der Waals surface area contributed by atoms with Crippen LogP contribution in [-0.2, 0) is 13.1 Å². The van der Waals surface area contributed by atoms with Gasteiger partial charge in [0.2, 0.25) is 0 Å². The van der Waals surface area contributed by atoms with E-state index in [-0.39, 0.29) is 5.54 Å². The quantitative estimate of drug-likeness (QED) is 0.865. The van der Waals surface area contributed by atoms with E-state index in [1.807, 2.05) is 6.20 Å². The highest BCUT2D eigenvalue weighted by Crippen LogP contribution is 2.49. The molecule has 0 spiro atoms. The fourth-order valence-corrected chi connectivity index (χ4v) is 4.03. The van der Waals surface area contributed by atoms with Gasteiger partial charge in [-0.15, -0.1) is 0 Å². The lowest BCUT2D eigenvalue weighted by atomic mass is 9.73. The first-order valence-corrected chi connectivity index (χ1v) is 7.04. The molecule has 100 valence electrons. The third-order valence-corrected chi connectivity index (χ3v) is 5.34. The van der Waals surface area contributed by atoms with Gasteiger partial charge in [0.25, 0.3) is 0 Å². The van der Waals surface area contributed by atoms with Crippen molar-refractivity contribution >= 4 is 0 Å². The van der Waals surface area contributed by atoms with Gasteiger partial charge in [0.15, 0.2) is 0 Å². The standard InChI is InChI=1S/C14H24N4/c1-13(2)4-3-5-14(13,11-15)18-9-8-17-7-6-16-12(17)10-18/h6-7H,3-5,8-11,15H2,1-2H3. The number of rotatable bonds is 2. The van der Waals surface area contributed by atoms with E-state index in [0.29, 0.717) is 5.41 Å². The minimum atomic E-state index is 0.171. The largest absolute Gasteiger partial charge is 0.333 e. The Bertz CT molecular complexity index is 437. The zero-order chi connectivity index (χ0) is 12.8. The Morgan fingerprint density at radius 3 is 2.83 bits per heavy atom. The molecule has 18 heavy (non-hydrogen) atoms. The molecule has 0 amide bonds. The summed E-state index contributed by atoms with van der Waals surface area (Å²) in [6, 6.07) is 0. The van der Waals surface area contributed by atoms with Crippen molar-refractivity contribution < 1.29 is 0 Å². The number of nitrogens with zero attached hydrogens (tertiary/aromatic N) is 3. The summed E-state index contributed by atoms with van der Waals surface area (Å²) < 4.78 is 2.27. The average molecular weight is 248 g/mol. The summed E-state index contributed by atoms with van der Waals surface area (Å²) in [5.41, 5.74) is 6.69. The van der Waals surface area contributed by atoms with Crippen LogP contribution in [0.2, 0.25) is 0 Å². The molecule has 0 radical (unpaired) electrons. The Kier molecular flexibility index (Phi) is 2.75. The van der Waals surface area contributed by atoms with Crippen LogP contribution in [-0.4, -0.2) is 33.1 Å². The van der Waals surface area contributed by atoms with Gasteiger partial charge in [-0.25, -0.2) is 4.98 Å². The summed E-state index contributed by atoms with van der Waals surface area (Å²) in [5, 5.41) is 0. The van der Waals surface area contributed by atoms with Crippen molar-refractivity contribution in [3.05, 3.63) is 18.2 Å². The van der Waals surface area contributed by atoms with Gasteiger partial charge >= 0.3 is 0 Å². The topological polar surface area (TPSA) is 47.1 Å². The lowest BCUT2D eigenvalue weighted by Crippen LogP contribution is -2.61. The van der Waals surface area contributed by atoms with E-state index in [2.05, 4.69) is 34.5 Å². The van der Waals surface area contributed by atoms with Gasteiger partial charge in [-0.2, -0.15) is 0 Å². The first-order valence-electron chi connectivity index (χ1n) is 7.04. The Morgan fingerprint density at radius 2 is 2.17 bits per heavy atom. The van der Waals surface area contributed by atoms with Crippen molar-refractivity contribution in [1.82, 2.24) is 14.5 Å². The fraction of sp³-hybridized carbons (Fsp3) is 0.786. The molecule has 1 aliphatic carbocycles. The molecule has 2 N–H and O–H groups in total. The number of aromatic nitrogens is 2. The van der Waals surface area contributed by atoms with Crippen LogP contribution in [0.25, 0.3) is 0 Å². The van der Waals surface area contributed by atoms with Crippen molar-refractivity contribution in [3.8, 4) is 0 Å². The highest BCUT2D eigenvalue weighted by molar-refractivity contribution is 5.09. The molecule has 1 aromatic rings. The number of imidazole rings is 1. The second-order valence-corrected chi connectivity index (χ2v) is 6.43. The predicted octanol–water partition coefficient (Wildman–Crippen LogP) is 1.61. The van der Waals surface area contributed by atoms with Crippen LogP contribution in [0.3, 0.4) is 0 Å². The van der Waals surface area contributed by atoms with Gasteiger partial charge in [0.05, 0.1) is 6.54 Å². The Balaban J connectivity index is 1.90. The van der Waals surface area contributed by atoms with Gasteiger partial charge in [0.1, 0.15) is 5.82 Å². The van der Waals surface area contributed by atoms with Crippen molar-refractivity contribution in [2.45, 2.75) is 51.7 Å². The van der Waals surface area contributed by atoms with Gasteiger partial charge in [-0.05, 0) is 18.3 Å². The predicted molar refractivity (Wildman–Crippen MR) is 72.1 cm³/mol. The molecule has 1 aliphatic heterocycles. The molecular weight excluding hydrogens is 224 g/mol. The van der Waals surface area contributed by atoms with E-state index in [9.17, 15) is 0 Å². The second kappa shape index (κ2) is 4.07. The summed E-state index contributed by atoms with van der Waals surface area (Å²) in [6.07, 6.45) is 7.82. The molecule has 1 fully saturated rings. The van der Waals surface area contributed by atoms with Crippen molar-refractivity contribution in [2.24, 2.45) is 11.1 Å². The molecule has 2 heterocycles. The maximum atomic E-state index is 6.20. The Hall–Kier alpha value is -0.870. The molecule has 1 saturated carbocycles. The van der Waals surface area contributed by atoms with E-state index in [0.717, 1.165) is 26.2 Å². The monoisotopic (exact) mass is 248 g/mol. The smallest absolute Gasteiger partial charge is 0.122 e. The SMILES string of the molecule is CC1(C)CCCC1(CN)N1CCn2ccnc2C1. The van der Waals surface area contributed by atoms with Crippen LogP contribution in [0, 0.1) is 5.41 Å². The Labute approximate surface area is 109 Å². The zero-order valence-electron chi connectivity index (χ0n) is 11.5. The number of fused-ring (bicyclic) bond motifs is 1. The number of hydrogen-bond acceptors (Lipinski definition) is 3. The summed E-state index contributed by atoms with van der Waals surface area (Å²) in [5.74, 6) is 1.19. The van der Waals surface area contributed by atoms with Gasteiger partial charge in [-0.3, -0.25) is 4.90 Å². The molecule has 2 aliphatic rings. The van der Waals surface area contributed by atoms with E-state index < -0.39 is 0 Å².